The SMILES string of the molecule is CC(C)CC(=O)NO[C@H](CC(C)C)C(=O)Nc1cccc(NC(=O)[C@@H](CC(C)C)ON)c1. The molecule has 0 saturated carbocycles. The predicted octanol–water partition coefficient (Wildman–Crippen LogP) is 3.38. The van der Waals surface area contributed by atoms with Crippen molar-refractivity contribution in [2.24, 2.45) is 23.7 Å². The average Bonchev–Trinajstić information content (AvgIpc) is 2.68. The van der Waals surface area contributed by atoms with Crippen LogP contribution in [0.3, 0.4) is 0 Å². The Hall–Kier alpha value is -2.49. The van der Waals surface area contributed by atoms with E-state index in [1.54, 1.807) is 24.3 Å². The van der Waals surface area contributed by atoms with Crippen molar-refractivity contribution in [3.05, 3.63) is 24.3 Å². The van der Waals surface area contributed by atoms with Crippen LogP contribution in [0.2, 0.25) is 0 Å². The second-order valence-electron chi connectivity index (χ2n) is 9.17. The first-order valence-electron chi connectivity index (χ1n) is 11.0. The van der Waals surface area contributed by atoms with Gasteiger partial charge in [0.2, 0.25) is 5.91 Å². The third-order valence-corrected chi connectivity index (χ3v) is 4.43. The zero-order chi connectivity index (χ0) is 24.3. The molecule has 0 aromatic heterocycles. The van der Waals surface area contributed by atoms with Crippen LogP contribution in [0.15, 0.2) is 24.3 Å². The number of carbonyl (C=O) groups is 3. The summed E-state index contributed by atoms with van der Waals surface area (Å²) in [6, 6.07) is 6.73. The Morgan fingerprint density at radius 2 is 1.34 bits per heavy atom. The standard InChI is InChI=1S/C23H38N4O5/c1-14(2)10-19(31-24)22(29)25-17-8-7-9-18(13-17)26-23(30)20(11-15(3)4)32-27-21(28)12-16(5)6/h7-9,13-16,19-20H,10-12,24H2,1-6H3,(H,25,29)(H,26,30)(H,27,28)/t19-,20-/m1/s1. The normalized spacial score (nSPS) is 13.2. The fraction of sp³-hybridized carbons (Fsp3) is 0.609. The smallest absolute Gasteiger partial charge is 0.256 e. The van der Waals surface area contributed by atoms with Crippen molar-refractivity contribution in [1.29, 1.82) is 0 Å². The van der Waals surface area contributed by atoms with Gasteiger partial charge in [0.15, 0.2) is 12.2 Å². The molecule has 0 unspecified atom stereocenters. The number of amides is 3. The predicted molar refractivity (Wildman–Crippen MR) is 124 cm³/mol. The van der Waals surface area contributed by atoms with Gasteiger partial charge in [-0.1, -0.05) is 47.6 Å². The van der Waals surface area contributed by atoms with Crippen molar-refractivity contribution in [3.8, 4) is 0 Å². The Bertz CT molecular complexity index is 752. The van der Waals surface area contributed by atoms with E-state index in [2.05, 4.69) is 16.1 Å². The van der Waals surface area contributed by atoms with E-state index in [1.165, 1.54) is 0 Å². The number of hydrogen-bond acceptors (Lipinski definition) is 6. The van der Waals surface area contributed by atoms with Crippen molar-refractivity contribution < 1.29 is 24.1 Å². The molecule has 0 heterocycles. The molecule has 32 heavy (non-hydrogen) atoms. The molecule has 1 aromatic carbocycles. The molecule has 0 aliphatic carbocycles. The molecule has 180 valence electrons. The van der Waals surface area contributed by atoms with Gasteiger partial charge < -0.3 is 10.6 Å². The van der Waals surface area contributed by atoms with Crippen molar-refractivity contribution in [2.45, 2.75) is 73.0 Å². The van der Waals surface area contributed by atoms with E-state index in [0.717, 1.165) is 0 Å². The van der Waals surface area contributed by atoms with Crippen LogP contribution < -0.4 is 22.0 Å². The highest BCUT2D eigenvalue weighted by Crippen LogP contribution is 2.18. The molecule has 1 rings (SSSR count). The summed E-state index contributed by atoms with van der Waals surface area (Å²) in [5.74, 6) is 4.82. The molecule has 0 aliphatic rings. The van der Waals surface area contributed by atoms with E-state index in [4.69, 9.17) is 15.6 Å². The maximum absolute atomic E-state index is 12.8. The molecule has 5 N–H and O–H groups in total. The Morgan fingerprint density at radius 3 is 1.81 bits per heavy atom. The van der Waals surface area contributed by atoms with Crippen molar-refractivity contribution in [3.63, 3.8) is 0 Å². The van der Waals surface area contributed by atoms with Crippen molar-refractivity contribution in [1.82, 2.24) is 5.48 Å². The Balaban J connectivity index is 2.80. The minimum atomic E-state index is -0.856. The number of carbonyl (C=O) groups excluding carboxylic acids is 3. The number of benzene rings is 1. The summed E-state index contributed by atoms with van der Waals surface area (Å²) in [6.07, 6.45) is -0.413. The third kappa shape index (κ3) is 10.7. The summed E-state index contributed by atoms with van der Waals surface area (Å²) in [5.41, 5.74) is 3.35. The lowest BCUT2D eigenvalue weighted by atomic mass is 10.1. The molecule has 1 aromatic rings. The largest absolute Gasteiger partial charge is 0.324 e. The van der Waals surface area contributed by atoms with Gasteiger partial charge in [0.25, 0.3) is 11.8 Å². The Kier molecular flexibility index (Phi) is 11.9. The average molecular weight is 451 g/mol. The number of hydroxylamine groups is 1. The van der Waals surface area contributed by atoms with Gasteiger partial charge >= 0.3 is 0 Å². The summed E-state index contributed by atoms with van der Waals surface area (Å²) in [5, 5.41) is 5.53. The fourth-order valence-corrected chi connectivity index (χ4v) is 2.96. The zero-order valence-corrected chi connectivity index (χ0v) is 19.9. The lowest BCUT2D eigenvalue weighted by Crippen LogP contribution is -2.38. The molecule has 9 nitrogen and oxygen atoms in total. The summed E-state index contributed by atoms with van der Waals surface area (Å²) >= 11 is 0. The van der Waals surface area contributed by atoms with Gasteiger partial charge in [0.1, 0.15) is 0 Å². The Labute approximate surface area is 190 Å². The molecule has 0 spiro atoms. The van der Waals surface area contributed by atoms with Gasteiger partial charge in [-0.05, 0) is 48.8 Å². The van der Waals surface area contributed by atoms with Gasteiger partial charge in [0, 0.05) is 17.8 Å². The second-order valence-corrected chi connectivity index (χ2v) is 9.17. The van der Waals surface area contributed by atoms with E-state index in [0.29, 0.717) is 30.6 Å². The van der Waals surface area contributed by atoms with Gasteiger partial charge in [-0.15, -0.1) is 0 Å². The van der Waals surface area contributed by atoms with Crippen LogP contribution in [0, 0.1) is 17.8 Å². The molecule has 9 heteroatoms. The molecule has 0 radical (unpaired) electrons. The van der Waals surface area contributed by atoms with E-state index >= 15 is 0 Å². The van der Waals surface area contributed by atoms with Gasteiger partial charge in [-0.2, -0.15) is 0 Å². The number of hydrogen-bond donors (Lipinski definition) is 4. The molecule has 0 aliphatic heterocycles. The lowest BCUT2D eigenvalue weighted by Gasteiger charge is -2.20. The highest BCUT2D eigenvalue weighted by molar-refractivity contribution is 5.97. The van der Waals surface area contributed by atoms with Crippen LogP contribution in [0.1, 0.15) is 60.8 Å². The van der Waals surface area contributed by atoms with Crippen LogP contribution in [-0.4, -0.2) is 29.9 Å². The minimum absolute atomic E-state index is 0.174. The quantitative estimate of drug-likeness (QED) is 0.341. The van der Waals surface area contributed by atoms with E-state index in [1.807, 2.05) is 41.5 Å². The number of rotatable bonds is 13. The lowest BCUT2D eigenvalue weighted by molar-refractivity contribution is -0.147. The molecular formula is C23H38N4O5. The molecular weight excluding hydrogens is 412 g/mol. The molecule has 0 bridgehead atoms. The van der Waals surface area contributed by atoms with Crippen LogP contribution in [0.4, 0.5) is 11.4 Å². The monoisotopic (exact) mass is 450 g/mol. The van der Waals surface area contributed by atoms with E-state index in [9.17, 15) is 14.4 Å². The van der Waals surface area contributed by atoms with Crippen LogP contribution in [0.25, 0.3) is 0 Å². The van der Waals surface area contributed by atoms with Gasteiger partial charge in [-0.25, -0.2) is 11.4 Å². The summed E-state index contributed by atoms with van der Waals surface area (Å²) in [4.78, 5) is 47.3. The van der Waals surface area contributed by atoms with Crippen molar-refractivity contribution >= 4 is 29.1 Å². The Morgan fingerprint density at radius 1 is 0.844 bits per heavy atom. The number of anilines is 2. The van der Waals surface area contributed by atoms with Crippen molar-refractivity contribution in [2.75, 3.05) is 10.6 Å². The molecule has 0 saturated heterocycles. The summed E-state index contributed by atoms with van der Waals surface area (Å²) in [7, 11) is 0. The number of nitrogens with one attached hydrogen (secondary N) is 3. The third-order valence-electron chi connectivity index (χ3n) is 4.43. The van der Waals surface area contributed by atoms with Gasteiger partial charge in [0.05, 0.1) is 0 Å². The molecule has 0 fully saturated rings. The fourth-order valence-electron chi connectivity index (χ4n) is 2.96. The first-order valence-corrected chi connectivity index (χ1v) is 11.0. The van der Waals surface area contributed by atoms with Gasteiger partial charge in [-0.3, -0.25) is 24.1 Å². The first-order chi connectivity index (χ1) is 15.0. The second kappa shape index (κ2) is 13.8. The van der Waals surface area contributed by atoms with Crippen LogP contribution in [0.5, 0.6) is 0 Å². The molecule has 3 amide bonds. The topological polar surface area (TPSA) is 132 Å². The van der Waals surface area contributed by atoms with Crippen LogP contribution in [-0.2, 0) is 24.1 Å². The zero-order valence-electron chi connectivity index (χ0n) is 19.9. The highest BCUT2D eigenvalue weighted by Gasteiger charge is 2.23. The first kappa shape index (κ1) is 27.5. The summed E-state index contributed by atoms with van der Waals surface area (Å²) < 4.78 is 0. The maximum Gasteiger partial charge on any atom is 0.256 e. The van der Waals surface area contributed by atoms with E-state index < -0.39 is 18.1 Å². The highest BCUT2D eigenvalue weighted by atomic mass is 16.7. The van der Waals surface area contributed by atoms with Crippen LogP contribution >= 0.6 is 0 Å². The minimum Gasteiger partial charge on any atom is -0.324 e. The summed E-state index contributed by atoms with van der Waals surface area (Å²) in [6.45, 7) is 11.7. The maximum atomic E-state index is 12.8. The number of nitrogens with two attached hydrogens (primary N) is 1. The molecule has 2 atom stereocenters. The van der Waals surface area contributed by atoms with E-state index in [-0.39, 0.29) is 29.6 Å².